The SMILES string of the molecule is CCCNC(Cc1ccc(F)cc1F)c1cc(C)sc1C. The van der Waals surface area contributed by atoms with Gasteiger partial charge in [-0.1, -0.05) is 13.0 Å². The highest BCUT2D eigenvalue weighted by Gasteiger charge is 2.18. The molecule has 0 aliphatic rings. The molecule has 0 bridgehead atoms. The van der Waals surface area contributed by atoms with Crippen LogP contribution in [0.1, 0.15) is 40.3 Å². The van der Waals surface area contributed by atoms with Gasteiger partial charge in [0.25, 0.3) is 0 Å². The smallest absolute Gasteiger partial charge is 0.129 e. The molecule has 1 aromatic heterocycles. The van der Waals surface area contributed by atoms with Crippen molar-refractivity contribution in [2.24, 2.45) is 0 Å². The van der Waals surface area contributed by atoms with E-state index in [0.29, 0.717) is 12.0 Å². The summed E-state index contributed by atoms with van der Waals surface area (Å²) in [4.78, 5) is 2.51. The molecule has 21 heavy (non-hydrogen) atoms. The van der Waals surface area contributed by atoms with Crippen molar-refractivity contribution >= 4 is 11.3 Å². The van der Waals surface area contributed by atoms with Crippen LogP contribution in [0, 0.1) is 25.5 Å². The number of thiophene rings is 1. The lowest BCUT2D eigenvalue weighted by atomic mass is 9.98. The van der Waals surface area contributed by atoms with E-state index in [1.54, 1.807) is 17.4 Å². The molecule has 0 radical (unpaired) electrons. The fraction of sp³-hybridized carbons (Fsp3) is 0.412. The lowest BCUT2D eigenvalue weighted by Crippen LogP contribution is -2.24. The van der Waals surface area contributed by atoms with Gasteiger partial charge in [0, 0.05) is 21.9 Å². The van der Waals surface area contributed by atoms with Gasteiger partial charge in [0.1, 0.15) is 11.6 Å². The minimum Gasteiger partial charge on any atom is -0.310 e. The van der Waals surface area contributed by atoms with Gasteiger partial charge in [-0.15, -0.1) is 11.3 Å². The Bertz CT molecular complexity index is 607. The third kappa shape index (κ3) is 4.11. The van der Waals surface area contributed by atoms with Gasteiger partial charge in [-0.25, -0.2) is 8.78 Å². The van der Waals surface area contributed by atoms with Gasteiger partial charge in [-0.2, -0.15) is 0 Å². The Balaban J connectivity index is 2.26. The Kier molecular flexibility index (Phi) is 5.48. The summed E-state index contributed by atoms with van der Waals surface area (Å²) in [7, 11) is 0. The van der Waals surface area contributed by atoms with E-state index in [2.05, 4.69) is 32.2 Å². The summed E-state index contributed by atoms with van der Waals surface area (Å²) in [5, 5.41) is 3.48. The summed E-state index contributed by atoms with van der Waals surface area (Å²) in [6.07, 6.45) is 1.55. The fourth-order valence-corrected chi connectivity index (χ4v) is 3.50. The van der Waals surface area contributed by atoms with Crippen LogP contribution in [-0.2, 0) is 6.42 Å². The summed E-state index contributed by atoms with van der Waals surface area (Å²) in [6.45, 7) is 7.15. The van der Waals surface area contributed by atoms with Crippen LogP contribution < -0.4 is 5.32 Å². The van der Waals surface area contributed by atoms with E-state index in [0.717, 1.165) is 19.0 Å². The molecule has 2 rings (SSSR count). The van der Waals surface area contributed by atoms with Crippen LogP contribution in [0.15, 0.2) is 24.3 Å². The Morgan fingerprint density at radius 2 is 1.95 bits per heavy atom. The Morgan fingerprint density at radius 1 is 1.19 bits per heavy atom. The van der Waals surface area contributed by atoms with Crippen LogP contribution in [0.25, 0.3) is 0 Å². The van der Waals surface area contributed by atoms with E-state index in [1.807, 2.05) is 0 Å². The maximum atomic E-state index is 13.9. The molecule has 1 aromatic carbocycles. The quantitative estimate of drug-likeness (QED) is 0.798. The normalized spacial score (nSPS) is 12.6. The summed E-state index contributed by atoms with van der Waals surface area (Å²) >= 11 is 1.75. The van der Waals surface area contributed by atoms with Crippen LogP contribution in [0.5, 0.6) is 0 Å². The molecule has 1 nitrogen and oxygen atoms in total. The number of halogens is 2. The molecule has 0 aliphatic carbocycles. The molecule has 0 aliphatic heterocycles. The zero-order valence-corrected chi connectivity index (χ0v) is 13.5. The Hall–Kier alpha value is -1.26. The van der Waals surface area contributed by atoms with Crippen molar-refractivity contribution in [1.29, 1.82) is 0 Å². The van der Waals surface area contributed by atoms with E-state index >= 15 is 0 Å². The minimum atomic E-state index is -0.531. The predicted molar refractivity (Wildman–Crippen MR) is 84.9 cm³/mol. The average molecular weight is 309 g/mol. The maximum absolute atomic E-state index is 13.9. The third-order valence-electron chi connectivity index (χ3n) is 3.53. The van der Waals surface area contributed by atoms with E-state index in [4.69, 9.17) is 0 Å². The molecule has 1 unspecified atom stereocenters. The zero-order chi connectivity index (χ0) is 15.4. The topological polar surface area (TPSA) is 12.0 Å². The van der Waals surface area contributed by atoms with E-state index in [-0.39, 0.29) is 6.04 Å². The van der Waals surface area contributed by atoms with Crippen LogP contribution >= 0.6 is 11.3 Å². The highest BCUT2D eigenvalue weighted by atomic mass is 32.1. The van der Waals surface area contributed by atoms with Gasteiger partial charge in [0.15, 0.2) is 0 Å². The van der Waals surface area contributed by atoms with Gasteiger partial charge in [0.05, 0.1) is 0 Å². The number of aryl methyl sites for hydroxylation is 2. The first-order chi connectivity index (χ1) is 10.0. The lowest BCUT2D eigenvalue weighted by molar-refractivity contribution is 0.508. The summed E-state index contributed by atoms with van der Waals surface area (Å²) in [5.74, 6) is -1.00. The van der Waals surface area contributed by atoms with Gasteiger partial charge < -0.3 is 5.32 Å². The standard InChI is InChI=1S/C17H21F2NS/c1-4-7-20-17(15-8-11(2)21-12(15)3)9-13-5-6-14(18)10-16(13)19/h5-6,8,10,17,20H,4,7,9H2,1-3H3. The third-order valence-corrected chi connectivity index (χ3v) is 4.52. The van der Waals surface area contributed by atoms with Crippen molar-refractivity contribution in [2.75, 3.05) is 6.54 Å². The highest BCUT2D eigenvalue weighted by molar-refractivity contribution is 7.12. The number of hydrogen-bond acceptors (Lipinski definition) is 2. The minimum absolute atomic E-state index is 0.0647. The van der Waals surface area contributed by atoms with E-state index in [9.17, 15) is 8.78 Å². The molecule has 4 heteroatoms. The van der Waals surface area contributed by atoms with Gasteiger partial charge in [-0.05, 0) is 56.5 Å². The molecular formula is C17H21F2NS. The Morgan fingerprint density at radius 3 is 2.52 bits per heavy atom. The first-order valence-corrected chi connectivity index (χ1v) is 8.07. The van der Waals surface area contributed by atoms with Crippen LogP contribution in [-0.4, -0.2) is 6.54 Å². The fourth-order valence-electron chi connectivity index (χ4n) is 2.51. The number of nitrogens with one attached hydrogen (secondary N) is 1. The molecule has 0 saturated carbocycles. The second kappa shape index (κ2) is 7.14. The van der Waals surface area contributed by atoms with Crippen molar-refractivity contribution in [2.45, 2.75) is 39.7 Å². The van der Waals surface area contributed by atoms with Crippen LogP contribution in [0.4, 0.5) is 8.78 Å². The van der Waals surface area contributed by atoms with E-state index < -0.39 is 11.6 Å². The molecule has 0 spiro atoms. The molecule has 2 aromatic rings. The highest BCUT2D eigenvalue weighted by Crippen LogP contribution is 2.29. The predicted octanol–water partition coefficient (Wildman–Crippen LogP) is 4.93. The molecule has 114 valence electrons. The van der Waals surface area contributed by atoms with Crippen LogP contribution in [0.2, 0.25) is 0 Å². The second-order valence-corrected chi connectivity index (χ2v) is 6.78. The second-order valence-electron chi connectivity index (χ2n) is 5.32. The summed E-state index contributed by atoms with van der Waals surface area (Å²) in [6, 6.07) is 6.04. The van der Waals surface area contributed by atoms with Gasteiger partial charge in [-0.3, -0.25) is 0 Å². The number of hydrogen-bond donors (Lipinski definition) is 1. The lowest BCUT2D eigenvalue weighted by Gasteiger charge is -2.19. The number of rotatable bonds is 6. The monoisotopic (exact) mass is 309 g/mol. The van der Waals surface area contributed by atoms with Crippen molar-refractivity contribution in [3.8, 4) is 0 Å². The number of benzene rings is 1. The molecule has 1 heterocycles. The largest absolute Gasteiger partial charge is 0.310 e. The Labute approximate surface area is 129 Å². The van der Waals surface area contributed by atoms with Gasteiger partial charge in [0.2, 0.25) is 0 Å². The van der Waals surface area contributed by atoms with Crippen LogP contribution in [0.3, 0.4) is 0 Å². The molecule has 1 atom stereocenters. The van der Waals surface area contributed by atoms with E-state index in [1.165, 1.54) is 21.4 Å². The summed E-state index contributed by atoms with van der Waals surface area (Å²) < 4.78 is 26.9. The molecule has 0 saturated heterocycles. The molecular weight excluding hydrogens is 288 g/mol. The zero-order valence-electron chi connectivity index (χ0n) is 12.7. The first kappa shape index (κ1) is 16.1. The molecule has 0 amide bonds. The van der Waals surface area contributed by atoms with Gasteiger partial charge >= 0.3 is 0 Å². The average Bonchev–Trinajstić information content (AvgIpc) is 2.76. The molecule has 1 N–H and O–H groups in total. The van der Waals surface area contributed by atoms with Crippen molar-refractivity contribution in [1.82, 2.24) is 5.32 Å². The van der Waals surface area contributed by atoms with Crippen molar-refractivity contribution in [3.05, 3.63) is 56.8 Å². The van der Waals surface area contributed by atoms with Crippen molar-refractivity contribution in [3.63, 3.8) is 0 Å². The maximum Gasteiger partial charge on any atom is 0.129 e. The molecule has 0 fully saturated rings. The first-order valence-electron chi connectivity index (χ1n) is 7.25. The summed E-state index contributed by atoms with van der Waals surface area (Å²) in [5.41, 5.74) is 1.77. The van der Waals surface area contributed by atoms with Crippen molar-refractivity contribution < 1.29 is 8.78 Å².